The van der Waals surface area contributed by atoms with E-state index in [0.29, 0.717) is 30.8 Å². The van der Waals surface area contributed by atoms with Crippen LogP contribution in [-0.2, 0) is 4.79 Å². The Morgan fingerprint density at radius 1 is 1.57 bits per heavy atom. The van der Waals surface area contributed by atoms with Crippen molar-refractivity contribution in [2.45, 2.75) is 39.2 Å². The number of nitrogens with zero attached hydrogens (tertiary/aromatic N) is 2. The normalized spacial score (nSPS) is 25.9. The number of hydrogen-bond donors (Lipinski definition) is 3. The third kappa shape index (κ3) is 2.65. The van der Waals surface area contributed by atoms with Crippen LogP contribution in [0, 0.1) is 12.3 Å². The van der Waals surface area contributed by atoms with Crippen LogP contribution in [0.15, 0.2) is 6.33 Å². The predicted molar refractivity (Wildman–Crippen MR) is 74.8 cm³/mol. The largest absolute Gasteiger partial charge is 0.481 e. The number of aliphatic carboxylic acids is 1. The van der Waals surface area contributed by atoms with Crippen molar-refractivity contribution in [2.75, 3.05) is 13.1 Å². The lowest BCUT2D eigenvalue weighted by Gasteiger charge is -2.43. The van der Waals surface area contributed by atoms with Crippen LogP contribution in [0.1, 0.15) is 42.4 Å². The summed E-state index contributed by atoms with van der Waals surface area (Å²) in [5, 5.41) is 19.7. The standard InChI is InChI=1S/C14H21N3O4/c1-3-5-14(13(20)21)7-17(6-4-10(14)18)12(19)11-9(2)15-8-16-11/h8,10,18H,3-7H2,1-2H3,(H,15,16)(H,20,21)/t10-,14-/m1/s1. The second-order valence-corrected chi connectivity index (χ2v) is 5.62. The summed E-state index contributed by atoms with van der Waals surface area (Å²) < 4.78 is 0. The van der Waals surface area contributed by atoms with Gasteiger partial charge in [0.25, 0.3) is 5.91 Å². The zero-order valence-electron chi connectivity index (χ0n) is 12.3. The van der Waals surface area contributed by atoms with Gasteiger partial charge in [-0.2, -0.15) is 0 Å². The van der Waals surface area contributed by atoms with Crippen LogP contribution in [0.25, 0.3) is 0 Å². The first kappa shape index (κ1) is 15.5. The number of aliphatic hydroxyl groups excluding tert-OH is 1. The number of aromatic nitrogens is 2. The highest BCUT2D eigenvalue weighted by Crippen LogP contribution is 2.36. The molecule has 3 N–H and O–H groups in total. The Bertz CT molecular complexity index is 542. The molecule has 1 aliphatic heterocycles. The zero-order chi connectivity index (χ0) is 15.6. The average molecular weight is 295 g/mol. The number of likely N-dealkylation sites (tertiary alicyclic amines) is 1. The molecule has 2 heterocycles. The van der Waals surface area contributed by atoms with Crippen LogP contribution in [0.2, 0.25) is 0 Å². The Balaban J connectivity index is 2.26. The molecule has 0 radical (unpaired) electrons. The van der Waals surface area contributed by atoms with Crippen molar-refractivity contribution in [3.05, 3.63) is 17.7 Å². The van der Waals surface area contributed by atoms with E-state index in [1.54, 1.807) is 6.92 Å². The molecule has 0 aliphatic carbocycles. The predicted octanol–water partition coefficient (Wildman–Crippen LogP) is 0.796. The highest BCUT2D eigenvalue weighted by Gasteiger charge is 2.49. The SMILES string of the molecule is CCC[C@@]1(C(=O)O)CN(C(=O)c2nc[nH]c2C)CC[C@H]1O. The smallest absolute Gasteiger partial charge is 0.314 e. The lowest BCUT2D eigenvalue weighted by molar-refractivity contribution is -0.162. The summed E-state index contributed by atoms with van der Waals surface area (Å²) in [4.78, 5) is 32.5. The van der Waals surface area contributed by atoms with Gasteiger partial charge in [-0.25, -0.2) is 4.98 Å². The zero-order valence-corrected chi connectivity index (χ0v) is 12.3. The van der Waals surface area contributed by atoms with Gasteiger partial charge >= 0.3 is 5.97 Å². The van der Waals surface area contributed by atoms with Crippen molar-refractivity contribution < 1.29 is 19.8 Å². The Hall–Kier alpha value is -1.89. The Morgan fingerprint density at radius 2 is 2.29 bits per heavy atom. The highest BCUT2D eigenvalue weighted by molar-refractivity contribution is 5.94. The molecule has 0 spiro atoms. The van der Waals surface area contributed by atoms with Gasteiger partial charge in [-0.15, -0.1) is 0 Å². The number of carboxylic acids is 1. The van der Waals surface area contributed by atoms with E-state index < -0.39 is 17.5 Å². The maximum absolute atomic E-state index is 12.5. The number of carboxylic acid groups (broad SMARTS) is 1. The number of imidazole rings is 1. The fourth-order valence-corrected chi connectivity index (χ4v) is 2.99. The summed E-state index contributed by atoms with van der Waals surface area (Å²) in [7, 11) is 0. The minimum Gasteiger partial charge on any atom is -0.481 e. The highest BCUT2D eigenvalue weighted by atomic mass is 16.4. The van der Waals surface area contributed by atoms with Crippen LogP contribution in [0.3, 0.4) is 0 Å². The number of hydrogen-bond acceptors (Lipinski definition) is 4. The van der Waals surface area contributed by atoms with Crippen molar-refractivity contribution in [1.82, 2.24) is 14.9 Å². The van der Waals surface area contributed by atoms with Gasteiger partial charge in [0.15, 0.2) is 0 Å². The molecule has 1 aromatic rings. The number of aliphatic hydroxyl groups is 1. The second-order valence-electron chi connectivity index (χ2n) is 5.62. The fourth-order valence-electron chi connectivity index (χ4n) is 2.99. The first-order valence-electron chi connectivity index (χ1n) is 7.13. The molecule has 2 atom stereocenters. The van der Waals surface area contributed by atoms with Gasteiger partial charge in [0.1, 0.15) is 11.1 Å². The minimum absolute atomic E-state index is 0.0163. The summed E-state index contributed by atoms with van der Waals surface area (Å²) in [6, 6.07) is 0. The summed E-state index contributed by atoms with van der Waals surface area (Å²) in [6.07, 6.45) is 1.75. The molecule has 1 aromatic heterocycles. The number of carbonyl (C=O) groups is 2. The molecular formula is C14H21N3O4. The lowest BCUT2D eigenvalue weighted by atomic mass is 9.74. The summed E-state index contributed by atoms with van der Waals surface area (Å²) in [6.45, 7) is 3.97. The van der Waals surface area contributed by atoms with E-state index in [1.165, 1.54) is 11.2 Å². The Labute approximate surface area is 123 Å². The van der Waals surface area contributed by atoms with Gasteiger partial charge < -0.3 is 20.1 Å². The van der Waals surface area contributed by atoms with Gasteiger partial charge in [0, 0.05) is 18.8 Å². The molecule has 2 rings (SSSR count). The number of aryl methyl sites for hydroxylation is 1. The van der Waals surface area contributed by atoms with Gasteiger partial charge in [0.05, 0.1) is 12.4 Å². The third-order valence-electron chi connectivity index (χ3n) is 4.23. The van der Waals surface area contributed by atoms with E-state index in [1.807, 2.05) is 6.92 Å². The van der Waals surface area contributed by atoms with Crippen LogP contribution in [0.4, 0.5) is 0 Å². The van der Waals surface area contributed by atoms with E-state index in [-0.39, 0.29) is 18.9 Å². The number of H-pyrrole nitrogens is 1. The van der Waals surface area contributed by atoms with E-state index in [2.05, 4.69) is 9.97 Å². The van der Waals surface area contributed by atoms with Gasteiger partial charge in [-0.05, 0) is 19.8 Å². The van der Waals surface area contributed by atoms with Crippen LogP contribution in [-0.4, -0.2) is 56.2 Å². The molecule has 1 fully saturated rings. The summed E-state index contributed by atoms with van der Waals surface area (Å²) in [5.41, 5.74) is -0.322. The maximum atomic E-state index is 12.5. The van der Waals surface area contributed by atoms with Crippen molar-refractivity contribution in [3.63, 3.8) is 0 Å². The van der Waals surface area contributed by atoms with Crippen molar-refractivity contribution in [3.8, 4) is 0 Å². The molecular weight excluding hydrogens is 274 g/mol. The van der Waals surface area contributed by atoms with E-state index >= 15 is 0 Å². The number of nitrogens with one attached hydrogen (secondary N) is 1. The lowest BCUT2D eigenvalue weighted by Crippen LogP contribution is -2.57. The average Bonchev–Trinajstić information content (AvgIpc) is 2.86. The molecule has 0 bridgehead atoms. The van der Waals surface area contributed by atoms with Crippen LogP contribution in [0.5, 0.6) is 0 Å². The first-order valence-corrected chi connectivity index (χ1v) is 7.13. The monoisotopic (exact) mass is 295 g/mol. The maximum Gasteiger partial charge on any atom is 0.314 e. The van der Waals surface area contributed by atoms with E-state index in [0.717, 1.165) is 0 Å². The molecule has 7 nitrogen and oxygen atoms in total. The van der Waals surface area contributed by atoms with Crippen molar-refractivity contribution in [2.24, 2.45) is 5.41 Å². The number of piperidine rings is 1. The molecule has 1 aliphatic rings. The van der Waals surface area contributed by atoms with Gasteiger partial charge in [0.2, 0.25) is 0 Å². The minimum atomic E-state index is -1.28. The fraction of sp³-hybridized carbons (Fsp3) is 0.643. The number of aromatic amines is 1. The number of amides is 1. The topological polar surface area (TPSA) is 107 Å². The Morgan fingerprint density at radius 3 is 2.81 bits per heavy atom. The molecule has 0 aromatic carbocycles. The van der Waals surface area contributed by atoms with Crippen molar-refractivity contribution in [1.29, 1.82) is 0 Å². The molecule has 0 saturated carbocycles. The van der Waals surface area contributed by atoms with Crippen molar-refractivity contribution >= 4 is 11.9 Å². The third-order valence-corrected chi connectivity index (χ3v) is 4.23. The molecule has 116 valence electrons. The number of rotatable bonds is 4. The van der Waals surface area contributed by atoms with Gasteiger partial charge in [-0.1, -0.05) is 13.3 Å². The van der Waals surface area contributed by atoms with Gasteiger partial charge in [-0.3, -0.25) is 9.59 Å². The summed E-state index contributed by atoms with van der Waals surface area (Å²) >= 11 is 0. The first-order chi connectivity index (χ1) is 9.92. The molecule has 1 amide bonds. The van der Waals surface area contributed by atoms with E-state index in [4.69, 9.17) is 0 Å². The van der Waals surface area contributed by atoms with E-state index in [9.17, 15) is 19.8 Å². The molecule has 0 unspecified atom stereocenters. The van der Waals surface area contributed by atoms with Crippen LogP contribution < -0.4 is 0 Å². The number of carbonyl (C=O) groups excluding carboxylic acids is 1. The molecule has 1 saturated heterocycles. The molecule has 7 heteroatoms. The van der Waals surface area contributed by atoms with Crippen LogP contribution >= 0.6 is 0 Å². The molecule has 21 heavy (non-hydrogen) atoms. The Kier molecular flexibility index (Phi) is 4.32. The summed E-state index contributed by atoms with van der Waals surface area (Å²) in [5.74, 6) is -1.34. The quantitative estimate of drug-likeness (QED) is 0.761. The second kappa shape index (κ2) is 5.85.